The van der Waals surface area contributed by atoms with Gasteiger partial charge < -0.3 is 10.6 Å². The Bertz CT molecular complexity index is 639. The van der Waals surface area contributed by atoms with Crippen molar-refractivity contribution >= 4 is 45.1 Å². The molecule has 2 N–H and O–H groups in total. The number of carbonyl (C=O) groups excluding carboxylic acids is 2. The number of hydrogen-bond donors (Lipinski definition) is 2. The largest absolute Gasteiger partial charge is 0.359 e. The number of hydrogen-bond acceptors (Lipinski definition) is 5. The van der Waals surface area contributed by atoms with Gasteiger partial charge in [0.25, 0.3) is 0 Å². The molecule has 0 aliphatic rings. The van der Waals surface area contributed by atoms with Crippen molar-refractivity contribution in [1.82, 2.24) is 15.6 Å². The van der Waals surface area contributed by atoms with Crippen LogP contribution in [0.5, 0.6) is 0 Å². The van der Waals surface area contributed by atoms with Crippen LogP contribution in [0.2, 0.25) is 0 Å². The molecule has 2 rings (SSSR count). The smallest absolute Gasteiger partial charge is 0.234 e. The number of nitrogens with one attached hydrogen (secondary N) is 2. The summed E-state index contributed by atoms with van der Waals surface area (Å²) in [6, 6.07) is 7.86. The average Bonchev–Trinajstić information content (AvgIpc) is 2.96. The molecule has 0 aliphatic heterocycles. The van der Waals surface area contributed by atoms with E-state index in [1.165, 1.54) is 11.8 Å². The fraction of sp³-hybridized carbons (Fsp3) is 0.438. The molecule has 2 aromatic rings. The van der Waals surface area contributed by atoms with Crippen LogP contribution in [0, 0.1) is 0 Å². The summed E-state index contributed by atoms with van der Waals surface area (Å²) in [5.74, 6) is -0.249. The Morgan fingerprint density at radius 2 is 2.13 bits per heavy atom. The highest BCUT2D eigenvalue weighted by molar-refractivity contribution is 8.02. The number of nitrogens with zero attached hydrogens (tertiary/aromatic N) is 1. The van der Waals surface area contributed by atoms with E-state index in [4.69, 9.17) is 0 Å². The van der Waals surface area contributed by atoms with Crippen molar-refractivity contribution in [3.8, 4) is 0 Å². The Morgan fingerprint density at radius 1 is 1.35 bits per heavy atom. The van der Waals surface area contributed by atoms with E-state index >= 15 is 0 Å². The zero-order valence-corrected chi connectivity index (χ0v) is 14.9. The fourth-order valence-corrected chi connectivity index (χ4v) is 4.31. The summed E-state index contributed by atoms with van der Waals surface area (Å²) >= 11 is 2.91. The highest BCUT2D eigenvalue weighted by Crippen LogP contribution is 2.33. The molecule has 2 amide bonds. The van der Waals surface area contributed by atoms with Gasteiger partial charge in [0.2, 0.25) is 11.8 Å². The zero-order chi connectivity index (χ0) is 16.7. The van der Waals surface area contributed by atoms with E-state index in [0.29, 0.717) is 6.54 Å². The van der Waals surface area contributed by atoms with Gasteiger partial charge in [-0.05, 0) is 18.6 Å². The molecular weight excluding hydrogens is 330 g/mol. The number of amides is 2. The molecule has 7 heteroatoms. The molecule has 0 radical (unpaired) electrons. The third-order valence-corrected chi connectivity index (χ3v) is 5.62. The number of carbonyl (C=O) groups is 2. The van der Waals surface area contributed by atoms with Crippen LogP contribution >= 0.6 is 23.1 Å². The van der Waals surface area contributed by atoms with E-state index in [-0.39, 0.29) is 18.2 Å². The number of para-hydroxylation sites is 1. The average molecular weight is 351 g/mol. The lowest BCUT2D eigenvalue weighted by molar-refractivity contribution is -0.125. The Kier molecular flexibility index (Phi) is 6.85. The van der Waals surface area contributed by atoms with Gasteiger partial charge in [-0.15, -0.1) is 11.3 Å². The fourth-order valence-electron chi connectivity index (χ4n) is 1.98. The molecule has 1 aromatic carbocycles. The Balaban J connectivity index is 2.09. The number of unbranched alkanes of at least 4 members (excludes halogenated alkanes) is 1. The van der Waals surface area contributed by atoms with E-state index in [1.807, 2.05) is 24.3 Å². The Hall–Kier alpha value is -1.60. The lowest BCUT2D eigenvalue weighted by atomic mass is 10.2. The molecule has 23 heavy (non-hydrogen) atoms. The zero-order valence-electron chi connectivity index (χ0n) is 13.3. The van der Waals surface area contributed by atoms with Gasteiger partial charge in [-0.25, -0.2) is 4.98 Å². The molecule has 0 bridgehead atoms. The lowest BCUT2D eigenvalue weighted by Crippen LogP contribution is -2.36. The third-order valence-electron chi connectivity index (χ3n) is 3.29. The molecule has 0 aliphatic carbocycles. The van der Waals surface area contributed by atoms with Crippen LogP contribution in [0.25, 0.3) is 10.2 Å². The van der Waals surface area contributed by atoms with Gasteiger partial charge in [0.15, 0.2) is 4.34 Å². The minimum atomic E-state index is -0.465. The SMILES string of the molecule is CCCCNC(=O)C(CC(=O)NC)Sc1nc2ccccc2s1. The van der Waals surface area contributed by atoms with Crippen molar-refractivity contribution in [3.05, 3.63) is 24.3 Å². The number of rotatable bonds is 8. The monoisotopic (exact) mass is 351 g/mol. The first kappa shape index (κ1) is 17.7. The van der Waals surface area contributed by atoms with Crippen molar-refractivity contribution in [1.29, 1.82) is 0 Å². The standard InChI is InChI=1S/C16H21N3O2S2/c1-3-4-9-18-15(21)13(10-14(20)17-2)23-16-19-11-7-5-6-8-12(11)22-16/h5-8,13H,3-4,9-10H2,1-2H3,(H,17,20)(H,18,21). The van der Waals surface area contributed by atoms with Crippen molar-refractivity contribution in [2.45, 2.75) is 35.8 Å². The van der Waals surface area contributed by atoms with Gasteiger partial charge in [-0.1, -0.05) is 37.2 Å². The summed E-state index contributed by atoms with van der Waals surface area (Å²) in [6.45, 7) is 2.71. The predicted molar refractivity (Wildman–Crippen MR) is 95.9 cm³/mol. The molecule has 1 atom stereocenters. The van der Waals surface area contributed by atoms with Crippen LogP contribution in [0.4, 0.5) is 0 Å². The van der Waals surface area contributed by atoms with Crippen molar-refractivity contribution in [2.24, 2.45) is 0 Å². The highest BCUT2D eigenvalue weighted by atomic mass is 32.2. The van der Waals surface area contributed by atoms with E-state index in [2.05, 4.69) is 22.5 Å². The molecule has 5 nitrogen and oxygen atoms in total. The van der Waals surface area contributed by atoms with Gasteiger partial charge >= 0.3 is 0 Å². The minimum Gasteiger partial charge on any atom is -0.359 e. The first-order valence-electron chi connectivity index (χ1n) is 7.64. The molecule has 0 fully saturated rings. The second-order valence-electron chi connectivity index (χ2n) is 5.08. The van der Waals surface area contributed by atoms with Crippen LogP contribution in [-0.2, 0) is 9.59 Å². The molecule has 1 unspecified atom stereocenters. The van der Waals surface area contributed by atoms with E-state index in [9.17, 15) is 9.59 Å². The number of aromatic nitrogens is 1. The normalized spacial score (nSPS) is 12.1. The van der Waals surface area contributed by atoms with Crippen molar-refractivity contribution < 1.29 is 9.59 Å². The summed E-state index contributed by atoms with van der Waals surface area (Å²) in [6.07, 6.45) is 2.10. The molecule has 124 valence electrons. The van der Waals surface area contributed by atoms with Gasteiger partial charge in [0, 0.05) is 20.0 Å². The van der Waals surface area contributed by atoms with E-state index in [0.717, 1.165) is 27.4 Å². The maximum atomic E-state index is 12.4. The van der Waals surface area contributed by atoms with Gasteiger partial charge in [0.05, 0.1) is 15.5 Å². The summed E-state index contributed by atoms with van der Waals surface area (Å²) in [4.78, 5) is 28.6. The molecule has 0 saturated carbocycles. The predicted octanol–water partition coefficient (Wildman–Crippen LogP) is 2.81. The minimum absolute atomic E-state index is 0.105. The van der Waals surface area contributed by atoms with Gasteiger partial charge in [0.1, 0.15) is 0 Å². The van der Waals surface area contributed by atoms with E-state index in [1.54, 1.807) is 18.4 Å². The van der Waals surface area contributed by atoms with Gasteiger partial charge in [-0.2, -0.15) is 0 Å². The maximum absolute atomic E-state index is 12.4. The van der Waals surface area contributed by atoms with Gasteiger partial charge in [-0.3, -0.25) is 9.59 Å². The van der Waals surface area contributed by atoms with Crippen LogP contribution < -0.4 is 10.6 Å². The van der Waals surface area contributed by atoms with E-state index < -0.39 is 5.25 Å². The number of thioether (sulfide) groups is 1. The summed E-state index contributed by atoms with van der Waals surface area (Å²) in [7, 11) is 1.58. The Morgan fingerprint density at radius 3 is 2.83 bits per heavy atom. The Labute approximate surface area is 144 Å². The van der Waals surface area contributed by atoms with Crippen LogP contribution in [0.1, 0.15) is 26.2 Å². The molecular formula is C16H21N3O2S2. The maximum Gasteiger partial charge on any atom is 0.234 e. The second-order valence-corrected chi connectivity index (χ2v) is 7.56. The summed E-state index contributed by atoms with van der Waals surface area (Å²) in [5, 5.41) is 5.02. The summed E-state index contributed by atoms with van der Waals surface area (Å²) in [5.41, 5.74) is 0.921. The second kappa shape index (κ2) is 8.88. The van der Waals surface area contributed by atoms with Crippen LogP contribution in [0.3, 0.4) is 0 Å². The molecule has 1 aromatic heterocycles. The number of thiazole rings is 1. The molecule has 0 saturated heterocycles. The van der Waals surface area contributed by atoms with Crippen LogP contribution in [0.15, 0.2) is 28.6 Å². The van der Waals surface area contributed by atoms with Crippen molar-refractivity contribution in [2.75, 3.05) is 13.6 Å². The number of benzene rings is 1. The topological polar surface area (TPSA) is 71.1 Å². The first-order valence-corrected chi connectivity index (χ1v) is 9.34. The summed E-state index contributed by atoms with van der Waals surface area (Å²) < 4.78 is 1.89. The first-order chi connectivity index (χ1) is 11.1. The van der Waals surface area contributed by atoms with Crippen LogP contribution in [-0.4, -0.2) is 35.6 Å². The molecule has 0 spiro atoms. The quantitative estimate of drug-likeness (QED) is 0.567. The highest BCUT2D eigenvalue weighted by Gasteiger charge is 2.24. The number of fused-ring (bicyclic) bond motifs is 1. The third kappa shape index (κ3) is 5.21. The lowest BCUT2D eigenvalue weighted by Gasteiger charge is -2.14. The molecule has 1 heterocycles. The van der Waals surface area contributed by atoms with Crippen molar-refractivity contribution in [3.63, 3.8) is 0 Å².